The molecule has 2 aromatic rings. The van der Waals surface area contributed by atoms with Gasteiger partial charge in [-0.3, -0.25) is 4.79 Å². The van der Waals surface area contributed by atoms with Gasteiger partial charge in [-0.2, -0.15) is 0 Å². The molecule has 0 spiro atoms. The quantitative estimate of drug-likeness (QED) is 0.218. The van der Waals surface area contributed by atoms with Gasteiger partial charge in [0.25, 0.3) is 0 Å². The number of rotatable bonds is 7. The third-order valence-electron chi connectivity index (χ3n) is 15.5. The third kappa shape index (κ3) is 5.80. The summed E-state index contributed by atoms with van der Waals surface area (Å²) in [5.41, 5.74) is 11.2. The van der Waals surface area contributed by atoms with Crippen LogP contribution in [0.25, 0.3) is 5.57 Å². The molecule has 4 saturated carbocycles. The largest absolute Gasteiger partial charge is 0.478 e. The number of aromatic nitrogens is 2. The van der Waals surface area contributed by atoms with Gasteiger partial charge < -0.3 is 21.1 Å². The Morgan fingerprint density at radius 3 is 2.38 bits per heavy atom. The van der Waals surface area contributed by atoms with Crippen molar-refractivity contribution in [2.45, 2.75) is 118 Å². The number of benzene rings is 1. The number of nitrogens with two attached hydrogens (primary N) is 1. The van der Waals surface area contributed by atoms with Crippen LogP contribution in [0, 0.1) is 50.7 Å². The average Bonchev–Trinajstić information content (AvgIpc) is 3.75. The second-order valence-electron chi connectivity index (χ2n) is 18.0. The van der Waals surface area contributed by atoms with Crippen molar-refractivity contribution in [3.8, 4) is 0 Å². The molecule has 1 amide bonds. The Kier molecular flexibility index (Phi) is 9.82. The van der Waals surface area contributed by atoms with E-state index in [2.05, 4.69) is 62.6 Å². The van der Waals surface area contributed by atoms with Crippen molar-refractivity contribution in [1.29, 1.82) is 0 Å². The van der Waals surface area contributed by atoms with E-state index in [9.17, 15) is 14.7 Å². The van der Waals surface area contributed by atoms with Gasteiger partial charge in [0.1, 0.15) is 0 Å². The lowest BCUT2D eigenvalue weighted by atomic mass is 9.32. The van der Waals surface area contributed by atoms with Gasteiger partial charge in [-0.15, -0.1) is 6.58 Å². The van der Waals surface area contributed by atoms with E-state index in [0.717, 1.165) is 18.7 Å². The highest BCUT2D eigenvalue weighted by molar-refractivity contribution is 5.88. The monoisotopic (exact) mass is 682 g/mol. The number of carbonyl (C=O) groups excluding carboxylic acids is 1. The number of nitrogens with one attached hydrogen (secondary N) is 2. The van der Waals surface area contributed by atoms with E-state index in [0.29, 0.717) is 41.1 Å². The number of H-pyrrole nitrogens is 1. The SMILES string of the molecule is C=CC.CC1(C)C(c2ccc(C(=O)O)cc2)=CCC2(C)C1CCC1(C)C2CCC2C3CCCC3(CNC(=O)C(N)Cc3cnc[nH]3)CC[C@]21C. The Bertz CT molecular complexity index is 1600. The predicted octanol–water partition coefficient (Wildman–Crippen LogP) is 8.84. The van der Waals surface area contributed by atoms with Gasteiger partial charge in [-0.1, -0.05) is 65.3 Å². The van der Waals surface area contributed by atoms with Crippen LogP contribution in [0.5, 0.6) is 0 Å². The Labute approximate surface area is 300 Å². The fourth-order valence-corrected chi connectivity index (χ4v) is 13.0. The van der Waals surface area contributed by atoms with Crippen LogP contribution in [-0.2, 0) is 11.2 Å². The van der Waals surface area contributed by atoms with Crippen LogP contribution in [0.15, 0.2) is 55.5 Å². The summed E-state index contributed by atoms with van der Waals surface area (Å²) in [5, 5.41) is 12.8. The van der Waals surface area contributed by atoms with Gasteiger partial charge in [0, 0.05) is 24.9 Å². The molecule has 5 N–H and O–H groups in total. The van der Waals surface area contributed by atoms with Crippen LogP contribution in [0.2, 0.25) is 0 Å². The summed E-state index contributed by atoms with van der Waals surface area (Å²) < 4.78 is 0. The molecule has 1 aromatic heterocycles. The Morgan fingerprint density at radius 1 is 1.00 bits per heavy atom. The minimum atomic E-state index is -0.871. The number of aromatic carboxylic acids is 1. The van der Waals surface area contributed by atoms with Crippen molar-refractivity contribution in [3.63, 3.8) is 0 Å². The molecule has 7 heteroatoms. The molecular weight excluding hydrogens is 620 g/mol. The molecule has 1 heterocycles. The zero-order chi connectivity index (χ0) is 36.1. The van der Waals surface area contributed by atoms with Crippen molar-refractivity contribution in [2.75, 3.05) is 6.54 Å². The molecule has 50 heavy (non-hydrogen) atoms. The highest BCUT2D eigenvalue weighted by atomic mass is 16.4. The van der Waals surface area contributed by atoms with Crippen LogP contribution in [-0.4, -0.2) is 39.5 Å². The van der Waals surface area contributed by atoms with Gasteiger partial charge >= 0.3 is 5.97 Å². The molecule has 0 aliphatic heterocycles. The van der Waals surface area contributed by atoms with E-state index in [-0.39, 0.29) is 27.6 Å². The minimum absolute atomic E-state index is 0.0143. The lowest BCUT2D eigenvalue weighted by molar-refractivity contribution is -0.222. The molecule has 8 unspecified atom stereocenters. The smallest absolute Gasteiger partial charge is 0.335 e. The van der Waals surface area contributed by atoms with Crippen LogP contribution >= 0.6 is 0 Å². The molecule has 0 saturated heterocycles. The molecule has 7 nitrogen and oxygen atoms in total. The number of fused-ring (bicyclic) bond motifs is 7. The van der Waals surface area contributed by atoms with Crippen LogP contribution in [0.3, 0.4) is 0 Å². The molecule has 9 atom stereocenters. The molecule has 5 aliphatic carbocycles. The fraction of sp³-hybridized carbons (Fsp3) is 0.651. The number of hydrogen-bond donors (Lipinski definition) is 4. The normalized spacial score (nSPS) is 37.3. The fourth-order valence-electron chi connectivity index (χ4n) is 13.0. The van der Waals surface area contributed by atoms with Crippen molar-refractivity contribution in [2.24, 2.45) is 56.5 Å². The standard InChI is InChI=1S/C40H56N4O3.C3H6/c1-36(2)28(25-8-10-26(11-9-25)35(46)47)14-17-37(3)32(36)15-18-39(5)33(37)13-12-29-30-7-6-16-40(30,20-19-38(29,39)4)23-43-34(45)31(41)21-27-22-42-24-44-27;1-3-2/h8-11,14,22,24,29-33H,6-7,12-13,15-21,23,41H2,1-5H3,(H,42,44)(H,43,45)(H,46,47);3H,1H2,2H3/t29?,30?,31?,32?,33?,37?,38-,39?,40?;/m1./s1. The Morgan fingerprint density at radius 2 is 1.72 bits per heavy atom. The lowest BCUT2D eigenvalue weighted by Crippen LogP contribution is -2.65. The first-order chi connectivity index (χ1) is 23.7. The van der Waals surface area contributed by atoms with Crippen molar-refractivity contribution < 1.29 is 14.7 Å². The number of carboxylic acid groups (broad SMARTS) is 1. The van der Waals surface area contributed by atoms with E-state index in [1.165, 1.54) is 68.9 Å². The summed E-state index contributed by atoms with van der Waals surface area (Å²) >= 11 is 0. The van der Waals surface area contributed by atoms with Crippen LogP contribution in [0.4, 0.5) is 0 Å². The highest BCUT2D eigenvalue weighted by Gasteiger charge is 2.69. The van der Waals surface area contributed by atoms with Gasteiger partial charge in [0.15, 0.2) is 0 Å². The second kappa shape index (κ2) is 13.4. The number of amides is 1. The zero-order valence-corrected chi connectivity index (χ0v) is 31.5. The summed E-state index contributed by atoms with van der Waals surface area (Å²) in [4.78, 5) is 31.8. The van der Waals surface area contributed by atoms with E-state index in [1.807, 2.05) is 19.1 Å². The molecule has 0 radical (unpaired) electrons. The molecular formula is C43H62N4O3. The molecule has 1 aromatic carbocycles. The van der Waals surface area contributed by atoms with Crippen molar-refractivity contribution in [1.82, 2.24) is 15.3 Å². The number of imidazole rings is 1. The number of aromatic amines is 1. The maximum atomic E-state index is 13.2. The second-order valence-corrected chi connectivity index (χ2v) is 18.0. The van der Waals surface area contributed by atoms with Crippen LogP contribution in [0.1, 0.15) is 127 Å². The maximum Gasteiger partial charge on any atom is 0.335 e. The van der Waals surface area contributed by atoms with Gasteiger partial charge in [0.05, 0.1) is 17.9 Å². The first-order valence-corrected chi connectivity index (χ1v) is 19.3. The van der Waals surface area contributed by atoms with Crippen molar-refractivity contribution >= 4 is 17.4 Å². The van der Waals surface area contributed by atoms with E-state index < -0.39 is 12.0 Å². The number of hydrogen-bond acceptors (Lipinski definition) is 4. The molecule has 4 fully saturated rings. The minimum Gasteiger partial charge on any atom is -0.478 e. The number of carbonyl (C=O) groups is 2. The van der Waals surface area contributed by atoms with Gasteiger partial charge in [-0.25, -0.2) is 9.78 Å². The first kappa shape index (κ1) is 36.6. The summed E-state index contributed by atoms with van der Waals surface area (Å²) in [7, 11) is 0. The van der Waals surface area contributed by atoms with Gasteiger partial charge in [-0.05, 0) is 139 Å². The maximum absolute atomic E-state index is 13.2. The molecule has 0 bridgehead atoms. The van der Waals surface area contributed by atoms with Crippen LogP contribution < -0.4 is 11.1 Å². The Balaban J connectivity index is 0.00000139. The summed E-state index contributed by atoms with van der Waals surface area (Å²) in [6.45, 7) is 18.9. The third-order valence-corrected chi connectivity index (χ3v) is 15.5. The van der Waals surface area contributed by atoms with E-state index >= 15 is 0 Å². The average molecular weight is 683 g/mol. The predicted molar refractivity (Wildman–Crippen MR) is 201 cm³/mol. The van der Waals surface area contributed by atoms with E-state index in [1.54, 1.807) is 30.7 Å². The Hall–Kier alpha value is -3.19. The number of nitrogens with zero attached hydrogens (tertiary/aromatic N) is 1. The first-order valence-electron chi connectivity index (χ1n) is 19.3. The topological polar surface area (TPSA) is 121 Å². The zero-order valence-electron chi connectivity index (χ0n) is 31.5. The van der Waals surface area contributed by atoms with Crippen molar-refractivity contribution in [3.05, 3.63) is 72.3 Å². The van der Waals surface area contributed by atoms with E-state index in [4.69, 9.17) is 5.73 Å². The summed E-state index contributed by atoms with van der Waals surface area (Å²) in [6, 6.07) is 6.99. The summed E-state index contributed by atoms with van der Waals surface area (Å²) in [5.74, 6) is 1.71. The number of allylic oxidation sites excluding steroid dienone is 3. The van der Waals surface area contributed by atoms with Gasteiger partial charge in [0.2, 0.25) is 5.91 Å². The summed E-state index contributed by atoms with van der Waals surface area (Å²) in [6.07, 6.45) is 20.6. The lowest BCUT2D eigenvalue weighted by Gasteiger charge is -2.72. The number of carboxylic acids is 1. The molecule has 272 valence electrons. The highest BCUT2D eigenvalue weighted by Crippen LogP contribution is 2.77. The molecule has 7 rings (SSSR count). The molecule has 5 aliphatic rings.